The second-order valence-electron chi connectivity index (χ2n) is 7.31. The summed E-state index contributed by atoms with van der Waals surface area (Å²) < 4.78 is 50.2. The van der Waals surface area contributed by atoms with Crippen LogP contribution in [-0.2, 0) is 31.4 Å². The predicted molar refractivity (Wildman–Crippen MR) is 111 cm³/mol. The van der Waals surface area contributed by atoms with E-state index < -0.39 is 37.9 Å². The smallest absolute Gasteiger partial charge is 0.326 e. The van der Waals surface area contributed by atoms with Crippen LogP contribution in [0.2, 0.25) is 0 Å². The van der Waals surface area contributed by atoms with E-state index in [0.717, 1.165) is 36.4 Å². The quantitative estimate of drug-likeness (QED) is 0.438. The first-order valence-corrected chi connectivity index (χ1v) is 12.8. The molecule has 9 nitrogen and oxygen atoms in total. The highest BCUT2D eigenvalue weighted by Crippen LogP contribution is 2.32. The number of rotatable bonds is 11. The highest BCUT2D eigenvalue weighted by Gasteiger charge is 2.35. The molecule has 1 heterocycles. The average Bonchev–Trinajstić information content (AvgIpc) is 2.88. The number of carbonyl (C=O) groups is 1. The molecule has 1 saturated heterocycles. The first-order valence-electron chi connectivity index (χ1n) is 9.71. The number of nitrogens with one attached hydrogen (secondary N) is 1. The third-order valence-electron chi connectivity index (χ3n) is 4.98. The van der Waals surface area contributed by atoms with Crippen molar-refractivity contribution in [2.75, 3.05) is 10.8 Å². The van der Waals surface area contributed by atoms with E-state index in [1.54, 1.807) is 6.07 Å². The summed E-state index contributed by atoms with van der Waals surface area (Å²) in [5.74, 6) is -0.974. The van der Waals surface area contributed by atoms with Gasteiger partial charge in [0.15, 0.2) is 0 Å². The Hall–Kier alpha value is -1.85. The zero-order chi connectivity index (χ0) is 21.7. The van der Waals surface area contributed by atoms with Gasteiger partial charge in [0.1, 0.15) is 12.3 Å². The van der Waals surface area contributed by atoms with Crippen molar-refractivity contribution in [3.63, 3.8) is 0 Å². The molecule has 1 aromatic carbocycles. The summed E-state index contributed by atoms with van der Waals surface area (Å²) in [5.41, 5.74) is 0.646. The number of carbonyl (C=O) groups excluding carboxylic acids is 1. The van der Waals surface area contributed by atoms with Crippen molar-refractivity contribution < 1.29 is 26.7 Å². The van der Waals surface area contributed by atoms with Gasteiger partial charge in [-0.25, -0.2) is 22.6 Å². The fourth-order valence-electron chi connectivity index (χ4n) is 3.37. The van der Waals surface area contributed by atoms with Gasteiger partial charge >= 0.3 is 10.2 Å². The summed E-state index contributed by atoms with van der Waals surface area (Å²) in [6.07, 6.45) is 6.24. The fourth-order valence-corrected chi connectivity index (χ4v) is 5.48. The van der Waals surface area contributed by atoms with Gasteiger partial charge in [-0.1, -0.05) is 45.1 Å². The molecular formula is C18H29N3O6S2. The van der Waals surface area contributed by atoms with Crippen molar-refractivity contribution in [2.45, 2.75) is 63.5 Å². The van der Waals surface area contributed by atoms with Crippen LogP contribution in [0.3, 0.4) is 0 Å². The Morgan fingerprint density at radius 1 is 1.21 bits per heavy atom. The summed E-state index contributed by atoms with van der Waals surface area (Å²) in [6.45, 7) is 1.71. The second kappa shape index (κ2) is 9.77. The van der Waals surface area contributed by atoms with Gasteiger partial charge < -0.3 is 5.11 Å². The number of hydrogen-bond acceptors (Lipinski definition) is 6. The van der Waals surface area contributed by atoms with Crippen LogP contribution in [0, 0.1) is 0 Å². The number of amides is 1. The Kier molecular flexibility index (Phi) is 7.89. The maximum atomic E-state index is 11.9. The van der Waals surface area contributed by atoms with E-state index in [9.17, 15) is 26.7 Å². The highest BCUT2D eigenvalue weighted by molar-refractivity contribution is 7.92. The molecule has 1 amide bonds. The number of nitrogens with zero attached hydrogens (tertiary/aromatic N) is 1. The zero-order valence-electron chi connectivity index (χ0n) is 16.5. The number of phenolic OH excluding ortho intramolecular Hbond substituents is 1. The topological polar surface area (TPSA) is 147 Å². The molecule has 0 radical (unpaired) electrons. The van der Waals surface area contributed by atoms with Gasteiger partial charge in [-0.3, -0.25) is 4.79 Å². The number of anilines is 1. The lowest BCUT2D eigenvalue weighted by Gasteiger charge is -2.18. The molecule has 1 fully saturated rings. The molecule has 11 heteroatoms. The Labute approximate surface area is 172 Å². The van der Waals surface area contributed by atoms with Gasteiger partial charge in [0.2, 0.25) is 10.0 Å². The lowest BCUT2D eigenvalue weighted by Crippen LogP contribution is -2.29. The van der Waals surface area contributed by atoms with Gasteiger partial charge in [-0.15, -0.1) is 0 Å². The lowest BCUT2D eigenvalue weighted by atomic mass is 10.0. The first kappa shape index (κ1) is 23.4. The van der Waals surface area contributed by atoms with Crippen LogP contribution in [0.4, 0.5) is 5.69 Å². The standard InChI is InChI=1S/C18H29N3O6S2/c1-2-3-4-5-6-7-15(28(19,24)25)10-8-14-9-11-16(17(22)12-14)21-13-18(23)20-29(21,26)27/h9,11-12,15,22H,2-8,10,13H2,1H3,(H,20,23)(H2,19,24,25). The SMILES string of the molecule is CCCCCCCC(CCc1ccc(N2CC(=O)NS2(=O)=O)c(O)c1)S(N)(=O)=O. The number of phenols is 1. The van der Waals surface area contributed by atoms with Crippen LogP contribution in [-0.4, -0.2) is 39.6 Å². The maximum absolute atomic E-state index is 11.9. The molecule has 1 unspecified atom stereocenters. The summed E-state index contributed by atoms with van der Waals surface area (Å²) in [4.78, 5) is 11.4. The largest absolute Gasteiger partial charge is 0.506 e. The minimum absolute atomic E-state index is 0.00831. The molecule has 1 aliphatic rings. The molecule has 0 aromatic heterocycles. The Balaban J connectivity index is 2.02. The van der Waals surface area contributed by atoms with E-state index in [1.807, 2.05) is 4.72 Å². The van der Waals surface area contributed by atoms with E-state index in [4.69, 9.17) is 5.14 Å². The summed E-state index contributed by atoms with van der Waals surface area (Å²) >= 11 is 0. The normalized spacial score (nSPS) is 17.3. The molecule has 1 aromatic rings. The first-order chi connectivity index (χ1) is 13.5. The van der Waals surface area contributed by atoms with Crippen LogP contribution in [0.1, 0.15) is 57.4 Å². The molecule has 4 N–H and O–H groups in total. The van der Waals surface area contributed by atoms with Crippen molar-refractivity contribution in [1.82, 2.24) is 4.72 Å². The van der Waals surface area contributed by atoms with Gasteiger partial charge in [-0.2, -0.15) is 8.42 Å². The maximum Gasteiger partial charge on any atom is 0.326 e. The lowest BCUT2D eigenvalue weighted by molar-refractivity contribution is -0.117. The molecule has 0 aliphatic carbocycles. The zero-order valence-corrected chi connectivity index (χ0v) is 18.1. The number of aromatic hydroxyl groups is 1. The Bertz CT molecular complexity index is 931. The van der Waals surface area contributed by atoms with Crippen LogP contribution in [0.25, 0.3) is 0 Å². The van der Waals surface area contributed by atoms with Crippen molar-refractivity contribution in [3.8, 4) is 5.75 Å². The van der Waals surface area contributed by atoms with E-state index in [2.05, 4.69) is 6.92 Å². The third kappa shape index (κ3) is 6.58. The molecule has 0 spiro atoms. The number of aryl methyl sites for hydroxylation is 1. The minimum atomic E-state index is -4.01. The van der Waals surface area contributed by atoms with Crippen molar-refractivity contribution in [1.29, 1.82) is 0 Å². The summed E-state index contributed by atoms with van der Waals surface area (Å²) in [7, 11) is -7.69. The van der Waals surface area contributed by atoms with Crippen LogP contribution < -0.4 is 14.2 Å². The van der Waals surface area contributed by atoms with E-state index in [-0.39, 0.29) is 11.4 Å². The number of nitrogens with two attached hydrogens (primary N) is 1. The molecule has 164 valence electrons. The number of primary sulfonamides is 1. The molecule has 0 bridgehead atoms. The van der Waals surface area contributed by atoms with E-state index in [0.29, 0.717) is 24.8 Å². The molecule has 1 aliphatic heterocycles. The van der Waals surface area contributed by atoms with Gasteiger partial charge in [0, 0.05) is 0 Å². The molecule has 0 saturated carbocycles. The Morgan fingerprint density at radius 2 is 1.90 bits per heavy atom. The minimum Gasteiger partial charge on any atom is -0.506 e. The van der Waals surface area contributed by atoms with Crippen molar-refractivity contribution in [2.24, 2.45) is 5.14 Å². The Morgan fingerprint density at radius 3 is 2.45 bits per heavy atom. The molecular weight excluding hydrogens is 418 g/mol. The molecule has 1 atom stereocenters. The van der Waals surface area contributed by atoms with Crippen LogP contribution >= 0.6 is 0 Å². The van der Waals surface area contributed by atoms with E-state index >= 15 is 0 Å². The monoisotopic (exact) mass is 447 g/mol. The number of unbranched alkanes of at least 4 members (excludes halogenated alkanes) is 4. The third-order valence-corrected chi connectivity index (χ3v) is 7.77. The summed E-state index contributed by atoms with van der Waals surface area (Å²) in [6, 6.07) is 4.39. The van der Waals surface area contributed by atoms with Crippen molar-refractivity contribution in [3.05, 3.63) is 23.8 Å². The van der Waals surface area contributed by atoms with E-state index in [1.165, 1.54) is 12.1 Å². The number of benzene rings is 1. The van der Waals surface area contributed by atoms with Crippen molar-refractivity contribution >= 4 is 31.8 Å². The fraction of sp³-hybridized carbons (Fsp3) is 0.611. The predicted octanol–water partition coefficient (Wildman–Crippen LogP) is 1.52. The van der Waals surface area contributed by atoms with Gasteiger partial charge in [0.05, 0.1) is 10.9 Å². The molecule has 2 rings (SSSR count). The second-order valence-corrected chi connectivity index (χ2v) is 10.8. The number of sulfonamides is 1. The van der Waals surface area contributed by atoms with Gasteiger partial charge in [-0.05, 0) is 37.0 Å². The van der Waals surface area contributed by atoms with Crippen LogP contribution in [0.5, 0.6) is 5.75 Å². The van der Waals surface area contributed by atoms with Gasteiger partial charge in [0.25, 0.3) is 5.91 Å². The molecule has 29 heavy (non-hydrogen) atoms. The average molecular weight is 448 g/mol. The summed E-state index contributed by atoms with van der Waals surface area (Å²) in [5, 5.41) is 14.9. The highest BCUT2D eigenvalue weighted by atomic mass is 32.2. The van der Waals surface area contributed by atoms with Crippen LogP contribution in [0.15, 0.2) is 18.2 Å². The number of hydrogen-bond donors (Lipinski definition) is 3.